The van der Waals surface area contributed by atoms with Crippen LogP contribution in [0.5, 0.6) is 0 Å². The Labute approximate surface area is 124 Å². The maximum absolute atomic E-state index is 13.8. The molecular formula is C11H9BrF5N3O. The quantitative estimate of drug-likeness (QED) is 0.640. The van der Waals surface area contributed by atoms with Crippen molar-refractivity contribution in [3.63, 3.8) is 0 Å². The molecule has 0 spiro atoms. The zero-order valence-electron chi connectivity index (χ0n) is 10.3. The van der Waals surface area contributed by atoms with E-state index in [0.29, 0.717) is 0 Å². The van der Waals surface area contributed by atoms with Crippen LogP contribution >= 0.6 is 15.9 Å². The molecule has 1 aliphatic heterocycles. The maximum atomic E-state index is 13.8. The van der Waals surface area contributed by atoms with Gasteiger partial charge in [0.1, 0.15) is 12.2 Å². The molecule has 2 atom stereocenters. The molecular weight excluding hydrogens is 365 g/mol. The number of hydrogen-bond donors (Lipinski definition) is 1. The van der Waals surface area contributed by atoms with Gasteiger partial charge in [0.15, 0.2) is 6.10 Å². The second kappa shape index (κ2) is 5.39. The van der Waals surface area contributed by atoms with E-state index in [1.54, 1.807) is 0 Å². The summed E-state index contributed by atoms with van der Waals surface area (Å²) in [5, 5.41) is 0. The first-order chi connectivity index (χ1) is 9.68. The third-order valence-electron chi connectivity index (χ3n) is 3.00. The molecule has 21 heavy (non-hydrogen) atoms. The predicted molar refractivity (Wildman–Crippen MR) is 66.7 cm³/mol. The lowest BCUT2D eigenvalue weighted by atomic mass is 9.86. The number of halogens is 6. The monoisotopic (exact) mass is 373 g/mol. The zero-order valence-corrected chi connectivity index (χ0v) is 11.9. The van der Waals surface area contributed by atoms with Crippen LogP contribution in [0.2, 0.25) is 0 Å². The molecule has 0 aliphatic carbocycles. The minimum Gasteiger partial charge on any atom is -0.452 e. The van der Waals surface area contributed by atoms with E-state index >= 15 is 0 Å². The average molecular weight is 374 g/mol. The van der Waals surface area contributed by atoms with E-state index in [2.05, 4.69) is 30.6 Å². The van der Waals surface area contributed by atoms with Gasteiger partial charge < -0.3 is 10.5 Å². The van der Waals surface area contributed by atoms with Gasteiger partial charge in [-0.3, -0.25) is 0 Å². The minimum absolute atomic E-state index is 0.274. The van der Waals surface area contributed by atoms with Crippen LogP contribution < -0.4 is 5.73 Å². The van der Waals surface area contributed by atoms with Crippen LogP contribution in [0.1, 0.15) is 12.0 Å². The highest BCUT2D eigenvalue weighted by Gasteiger charge is 2.52. The fourth-order valence-electron chi connectivity index (χ4n) is 2.04. The Morgan fingerprint density at radius 2 is 2.14 bits per heavy atom. The first-order valence-corrected chi connectivity index (χ1v) is 6.43. The van der Waals surface area contributed by atoms with E-state index in [9.17, 15) is 22.0 Å². The standard InChI is InChI=1S/C11H9BrF5N3O/c12-5-1-6(8(14)19-3-5)10(4-13)2-7(11(15,16)17)21-9(18)20-10/h1,3,7H,2,4H2,(H2,18,20)/t7-,10+/m0/s1. The number of alkyl halides is 4. The molecule has 1 aliphatic rings. The Bertz CT molecular complexity index is 579. The normalized spacial score (nSPS) is 26.2. The van der Waals surface area contributed by atoms with Crippen molar-refractivity contribution in [3.8, 4) is 0 Å². The molecule has 0 fully saturated rings. The molecule has 2 N–H and O–H groups in total. The van der Waals surface area contributed by atoms with Crippen LogP contribution in [0.3, 0.4) is 0 Å². The number of aromatic nitrogens is 1. The molecule has 1 aromatic rings. The summed E-state index contributed by atoms with van der Waals surface area (Å²) in [6, 6.07) is 0.276. The summed E-state index contributed by atoms with van der Waals surface area (Å²) in [4.78, 5) is 6.91. The topological polar surface area (TPSA) is 60.5 Å². The molecule has 0 saturated carbocycles. The van der Waals surface area contributed by atoms with Crippen molar-refractivity contribution in [3.05, 3.63) is 28.2 Å². The van der Waals surface area contributed by atoms with Gasteiger partial charge >= 0.3 is 6.18 Å². The van der Waals surface area contributed by atoms with Gasteiger partial charge in [-0.15, -0.1) is 0 Å². The van der Waals surface area contributed by atoms with E-state index in [0.717, 1.165) is 12.3 Å². The summed E-state index contributed by atoms with van der Waals surface area (Å²) >= 11 is 3.00. The summed E-state index contributed by atoms with van der Waals surface area (Å²) in [5.74, 6) is -1.12. The van der Waals surface area contributed by atoms with Gasteiger partial charge in [-0.05, 0) is 22.0 Å². The maximum Gasteiger partial charge on any atom is 0.425 e. The van der Waals surface area contributed by atoms with E-state index in [1.807, 2.05) is 0 Å². The van der Waals surface area contributed by atoms with Gasteiger partial charge in [0.2, 0.25) is 5.95 Å². The predicted octanol–water partition coefficient (Wildman–Crippen LogP) is 2.81. The van der Waals surface area contributed by atoms with Gasteiger partial charge in [-0.25, -0.2) is 14.4 Å². The lowest BCUT2D eigenvalue weighted by Gasteiger charge is -2.36. The average Bonchev–Trinajstić information content (AvgIpc) is 2.39. The highest BCUT2D eigenvalue weighted by molar-refractivity contribution is 9.10. The van der Waals surface area contributed by atoms with Crippen molar-refractivity contribution in [1.82, 2.24) is 4.98 Å². The fourth-order valence-corrected chi connectivity index (χ4v) is 2.37. The number of ether oxygens (including phenoxy) is 1. The van der Waals surface area contributed by atoms with Crippen LogP contribution in [0.25, 0.3) is 0 Å². The third kappa shape index (κ3) is 3.09. The minimum atomic E-state index is -4.78. The second-order valence-electron chi connectivity index (χ2n) is 4.46. The Kier molecular flexibility index (Phi) is 4.09. The molecule has 0 radical (unpaired) electrons. The molecule has 0 aromatic carbocycles. The molecule has 10 heteroatoms. The summed E-state index contributed by atoms with van der Waals surface area (Å²) < 4.78 is 70.4. The smallest absolute Gasteiger partial charge is 0.425 e. The van der Waals surface area contributed by atoms with Crippen molar-refractivity contribution in [1.29, 1.82) is 0 Å². The molecule has 0 saturated heterocycles. The Hall–Kier alpha value is -1.45. The van der Waals surface area contributed by atoms with Crippen molar-refractivity contribution in [2.24, 2.45) is 10.7 Å². The molecule has 0 bridgehead atoms. The summed E-state index contributed by atoms with van der Waals surface area (Å²) in [6.07, 6.45) is -6.98. The van der Waals surface area contributed by atoms with Gasteiger partial charge in [0.05, 0.1) is 0 Å². The molecule has 0 amide bonds. The van der Waals surface area contributed by atoms with Crippen LogP contribution in [0, 0.1) is 5.95 Å². The lowest BCUT2D eigenvalue weighted by Crippen LogP contribution is -2.48. The van der Waals surface area contributed by atoms with E-state index in [4.69, 9.17) is 5.73 Å². The summed E-state index contributed by atoms with van der Waals surface area (Å²) in [7, 11) is 0. The fraction of sp³-hybridized carbons (Fsp3) is 0.455. The molecule has 2 rings (SSSR count). The van der Waals surface area contributed by atoms with Crippen molar-refractivity contribution in [2.45, 2.75) is 24.2 Å². The van der Waals surface area contributed by atoms with Crippen molar-refractivity contribution >= 4 is 22.0 Å². The molecule has 116 valence electrons. The Morgan fingerprint density at radius 3 is 2.71 bits per heavy atom. The number of nitrogens with two attached hydrogens (primary N) is 1. The van der Waals surface area contributed by atoms with Crippen LogP contribution in [0.4, 0.5) is 22.0 Å². The Morgan fingerprint density at radius 1 is 1.48 bits per heavy atom. The number of aliphatic imine (C=N–C) groups is 1. The lowest BCUT2D eigenvalue weighted by molar-refractivity contribution is -0.209. The van der Waals surface area contributed by atoms with E-state index in [-0.39, 0.29) is 4.47 Å². The van der Waals surface area contributed by atoms with Crippen LogP contribution in [0.15, 0.2) is 21.7 Å². The van der Waals surface area contributed by atoms with Crippen LogP contribution in [-0.2, 0) is 10.3 Å². The largest absolute Gasteiger partial charge is 0.452 e. The van der Waals surface area contributed by atoms with Crippen molar-refractivity contribution in [2.75, 3.05) is 6.67 Å². The summed E-state index contributed by atoms with van der Waals surface area (Å²) in [5.41, 5.74) is 2.67. The van der Waals surface area contributed by atoms with Crippen molar-refractivity contribution < 1.29 is 26.7 Å². The molecule has 4 nitrogen and oxygen atoms in total. The van der Waals surface area contributed by atoms with Gasteiger partial charge in [-0.2, -0.15) is 17.6 Å². The first kappa shape index (κ1) is 15.9. The second-order valence-corrected chi connectivity index (χ2v) is 5.38. The molecule has 0 unspecified atom stereocenters. The number of nitrogens with zero attached hydrogens (tertiary/aromatic N) is 2. The third-order valence-corrected chi connectivity index (χ3v) is 3.44. The zero-order chi connectivity index (χ0) is 15.8. The number of amidine groups is 1. The SMILES string of the molecule is NC1=N[C@](CF)(c2cc(Br)cnc2F)C[C@@H](C(F)(F)F)O1. The van der Waals surface area contributed by atoms with E-state index < -0.39 is 48.4 Å². The van der Waals surface area contributed by atoms with Gasteiger partial charge in [0.25, 0.3) is 6.02 Å². The highest BCUT2D eigenvalue weighted by atomic mass is 79.9. The van der Waals surface area contributed by atoms with Gasteiger partial charge in [0, 0.05) is 22.7 Å². The number of hydrogen-bond acceptors (Lipinski definition) is 4. The van der Waals surface area contributed by atoms with Gasteiger partial charge in [-0.1, -0.05) is 0 Å². The molecule has 1 aromatic heterocycles. The first-order valence-electron chi connectivity index (χ1n) is 5.64. The number of rotatable bonds is 2. The van der Waals surface area contributed by atoms with E-state index in [1.165, 1.54) is 0 Å². The Balaban J connectivity index is 2.54. The highest BCUT2D eigenvalue weighted by Crippen LogP contribution is 2.41. The summed E-state index contributed by atoms with van der Waals surface area (Å²) in [6.45, 7) is -1.38. The number of pyridine rings is 1. The van der Waals surface area contributed by atoms with Crippen LogP contribution in [-0.4, -0.2) is 30.0 Å². The molecule has 2 heterocycles.